The highest BCUT2D eigenvalue weighted by Gasteiger charge is 2.30. The minimum absolute atomic E-state index is 0.0943. The molecule has 0 radical (unpaired) electrons. The monoisotopic (exact) mass is 1870 g/mol. The van der Waals surface area contributed by atoms with Gasteiger partial charge in [-0.3, -0.25) is 32.5 Å². The summed E-state index contributed by atoms with van der Waals surface area (Å²) < 4.78 is 61.8. The topological polar surface area (TPSA) is 231 Å². The molecule has 0 aliphatic rings. The van der Waals surface area contributed by atoms with Gasteiger partial charge in [0.15, 0.2) is 6.10 Å². The van der Waals surface area contributed by atoms with Crippen molar-refractivity contribution in [3.63, 3.8) is 0 Å². The molecule has 0 saturated carbocycles. The van der Waals surface area contributed by atoms with Gasteiger partial charge in [0.1, 0.15) is 25.4 Å². The molecule has 5 atom stereocenters. The lowest BCUT2D eigenvalue weighted by atomic mass is 10.0. The van der Waals surface area contributed by atoms with Crippen molar-refractivity contribution < 1.29 is 75.8 Å². The van der Waals surface area contributed by atoms with E-state index in [0.717, 1.165) is 186 Å². The van der Waals surface area contributed by atoms with Crippen LogP contribution in [0.4, 0.5) is 0 Å². The van der Waals surface area contributed by atoms with E-state index in [1.54, 1.807) is 0 Å². The highest BCUT2D eigenvalue weighted by Crippen LogP contribution is 2.45. The number of ether oxygens (including phenoxy) is 3. The molecular formula is C113H190O16P2. The highest BCUT2D eigenvalue weighted by molar-refractivity contribution is 7.47. The van der Waals surface area contributed by atoms with Crippen molar-refractivity contribution in [3.05, 3.63) is 207 Å². The van der Waals surface area contributed by atoms with Gasteiger partial charge in [-0.15, -0.1) is 0 Å². The Hall–Kier alpha value is -5.87. The minimum atomic E-state index is -4.95. The molecular weight excluding hydrogens is 1680 g/mol. The largest absolute Gasteiger partial charge is 0.472 e. The van der Waals surface area contributed by atoms with E-state index in [4.69, 9.17) is 32.3 Å². The van der Waals surface area contributed by atoms with Crippen LogP contribution >= 0.6 is 15.6 Å². The second kappa shape index (κ2) is 103. The van der Waals surface area contributed by atoms with Crippen molar-refractivity contribution in [1.29, 1.82) is 0 Å². The van der Waals surface area contributed by atoms with Crippen molar-refractivity contribution in [3.8, 4) is 0 Å². The van der Waals surface area contributed by atoms with E-state index in [1.807, 2.05) is 0 Å². The summed E-state index contributed by atoms with van der Waals surface area (Å²) in [5.41, 5.74) is 0. The Morgan fingerprint density at radius 2 is 0.382 bits per heavy atom. The Morgan fingerprint density at radius 1 is 0.214 bits per heavy atom. The number of hydrogen-bond donors (Lipinski definition) is 4. The number of phosphoric ester groups is 2. The Morgan fingerprint density at radius 3 is 0.603 bits per heavy atom. The zero-order valence-corrected chi connectivity index (χ0v) is 84.7. The lowest BCUT2D eigenvalue weighted by Gasteiger charge is -2.21. The molecule has 748 valence electrons. The fourth-order valence-electron chi connectivity index (χ4n) is 14.2. The normalized spacial score (nSPS) is 14.5. The summed E-state index contributed by atoms with van der Waals surface area (Å²) in [5, 5.41) is 20.8. The average molecular weight is 1870 g/mol. The number of aliphatic hydroxyl groups is 2. The number of carbonyl (C=O) groups excluding carboxylic acids is 3. The third kappa shape index (κ3) is 104. The third-order valence-electron chi connectivity index (χ3n) is 22.0. The van der Waals surface area contributed by atoms with E-state index in [-0.39, 0.29) is 19.3 Å². The third-order valence-corrected chi connectivity index (χ3v) is 23.9. The number of aliphatic hydroxyl groups excluding tert-OH is 2. The van der Waals surface area contributed by atoms with E-state index < -0.39 is 91.5 Å². The van der Waals surface area contributed by atoms with E-state index >= 15 is 0 Å². The first-order chi connectivity index (χ1) is 64.2. The second-order valence-corrected chi connectivity index (χ2v) is 37.5. The molecule has 5 unspecified atom stereocenters. The molecule has 0 amide bonds. The van der Waals surface area contributed by atoms with Crippen LogP contribution in [0.25, 0.3) is 0 Å². The quantitative estimate of drug-likeness (QED) is 0.0146. The maximum absolute atomic E-state index is 13.1. The summed E-state index contributed by atoms with van der Waals surface area (Å²) in [7, 11) is -9.83. The summed E-state index contributed by atoms with van der Waals surface area (Å²) in [5.74, 6) is -1.57. The van der Waals surface area contributed by atoms with Crippen LogP contribution in [0, 0.1) is 0 Å². The van der Waals surface area contributed by atoms with E-state index in [1.165, 1.54) is 186 Å². The maximum Gasteiger partial charge on any atom is 0.472 e. The van der Waals surface area contributed by atoms with Crippen LogP contribution in [-0.4, -0.2) is 95.9 Å². The van der Waals surface area contributed by atoms with Crippen LogP contribution in [0.2, 0.25) is 0 Å². The smallest absolute Gasteiger partial charge is 0.463 e. The molecule has 0 aromatic rings. The molecule has 0 rings (SSSR count). The van der Waals surface area contributed by atoms with Gasteiger partial charge in [0.25, 0.3) is 0 Å². The van der Waals surface area contributed by atoms with Crippen molar-refractivity contribution in [2.45, 2.75) is 450 Å². The van der Waals surface area contributed by atoms with Crippen molar-refractivity contribution in [2.24, 2.45) is 0 Å². The van der Waals surface area contributed by atoms with Crippen LogP contribution in [0.5, 0.6) is 0 Å². The molecule has 0 bridgehead atoms. The number of hydrogen-bond acceptors (Lipinski definition) is 14. The van der Waals surface area contributed by atoms with Crippen molar-refractivity contribution in [1.82, 2.24) is 0 Å². The lowest BCUT2D eigenvalue weighted by molar-refractivity contribution is -0.161. The standard InChI is InChI=1S/C113H190O16P2/c1-4-7-10-13-16-19-22-25-28-31-34-37-40-43-46-49-51-53-55-58-60-63-66-69-72-75-78-81-84-87-90-93-96-99-111(116)123-102-108(114)103-125-130(119,120)126-104-109(115)105-127-131(121,122)128-107-110(129-113(118)101-98-95-92-89-86-83-80-77-74-71-68-65-62-57-48-45-42-39-36-33-30-27-24-21-18-15-12-9-6-3)106-124-112(117)100-97-94-91-88-85-82-79-76-73-70-67-64-61-59-56-54-52-50-47-44-41-38-35-32-29-26-23-20-17-14-11-8-5-2/h7-12,16-21,25-30,34-39,43-48,51,53,62,65,108-110,114-115H,4-6,13-15,22-24,31-33,40-42,49-50,52,54-61,63-64,66-107H2,1-3H3,(H,119,120)(H,121,122)/b10-7-,11-8-,12-9-,19-16-,20-17-,21-18-,28-25-,29-26-,30-27-,37-34-,38-35-,39-36-,46-43-,47-44-,48-45-,53-51-,65-62-. The van der Waals surface area contributed by atoms with Gasteiger partial charge in [0.2, 0.25) is 0 Å². The lowest BCUT2D eigenvalue weighted by Crippen LogP contribution is -2.30. The van der Waals surface area contributed by atoms with Crippen LogP contribution in [0.1, 0.15) is 432 Å². The van der Waals surface area contributed by atoms with Gasteiger partial charge in [0.05, 0.1) is 26.4 Å². The SMILES string of the molecule is CC/C=C\C/C=C\C/C=C\C/C=C\C/C=C\C/C=C\CCCCCCCCCCCCCCCCC(=O)OCC(O)COP(=O)(O)OCC(O)COP(=O)(O)OCC(COC(=O)CCCCCCCCCCCCCCCCCCC/C=C\C/C=C\C/C=C\C/C=C\C/C=C\CC)OC(=O)CCCCCCCCCCCC/C=C\C/C=C\C/C=C\C/C=C\C/C=C\C/C=C\CC. The number of carbonyl (C=O) groups is 3. The molecule has 131 heavy (non-hydrogen) atoms. The predicted molar refractivity (Wildman–Crippen MR) is 555 cm³/mol. The Labute approximate surface area is 800 Å². The Bertz CT molecular complexity index is 3210. The van der Waals surface area contributed by atoms with Gasteiger partial charge >= 0.3 is 33.6 Å². The first-order valence-electron chi connectivity index (χ1n) is 52.4. The van der Waals surface area contributed by atoms with Gasteiger partial charge in [-0.05, 0) is 167 Å². The number of allylic oxidation sites excluding steroid dienone is 34. The maximum atomic E-state index is 13.1. The molecule has 0 fully saturated rings. The van der Waals surface area contributed by atoms with Gasteiger partial charge < -0.3 is 34.2 Å². The van der Waals surface area contributed by atoms with E-state index in [0.29, 0.717) is 19.3 Å². The molecule has 18 heteroatoms. The highest BCUT2D eigenvalue weighted by atomic mass is 31.2. The molecule has 0 aliphatic carbocycles. The van der Waals surface area contributed by atoms with Gasteiger partial charge in [-0.1, -0.05) is 452 Å². The molecule has 0 saturated heterocycles. The summed E-state index contributed by atoms with van der Waals surface area (Å²) >= 11 is 0. The molecule has 4 N–H and O–H groups in total. The number of rotatable bonds is 98. The minimum Gasteiger partial charge on any atom is -0.463 e. The first kappa shape index (κ1) is 125. The second-order valence-electron chi connectivity index (χ2n) is 34.6. The summed E-state index contributed by atoms with van der Waals surface area (Å²) in [6.07, 6.45) is 140. The Balaban J connectivity index is 4.63. The number of esters is 3. The summed E-state index contributed by atoms with van der Waals surface area (Å²) in [6.45, 7) is 2.40. The fraction of sp³-hybridized carbons (Fsp3) is 0.673. The van der Waals surface area contributed by atoms with Gasteiger partial charge in [-0.25, -0.2) is 9.13 Å². The van der Waals surface area contributed by atoms with Crippen LogP contribution < -0.4 is 0 Å². The fourth-order valence-corrected chi connectivity index (χ4v) is 15.8. The summed E-state index contributed by atoms with van der Waals surface area (Å²) in [4.78, 5) is 59.3. The number of unbranched alkanes of at least 4 members (excludes halogenated alkanes) is 41. The molecule has 0 aromatic heterocycles. The van der Waals surface area contributed by atoms with Crippen molar-refractivity contribution in [2.75, 3.05) is 39.6 Å². The molecule has 0 spiro atoms. The predicted octanol–water partition coefficient (Wildman–Crippen LogP) is 33.5. The average Bonchev–Trinajstić information content (AvgIpc) is 0.899. The molecule has 0 heterocycles. The van der Waals surface area contributed by atoms with E-state index in [9.17, 15) is 43.5 Å². The van der Waals surface area contributed by atoms with E-state index in [2.05, 4.69) is 227 Å². The molecule has 0 aromatic carbocycles. The van der Waals surface area contributed by atoms with Crippen LogP contribution in [0.15, 0.2) is 207 Å². The van der Waals surface area contributed by atoms with Crippen LogP contribution in [0.3, 0.4) is 0 Å². The van der Waals surface area contributed by atoms with Gasteiger partial charge in [0, 0.05) is 19.3 Å². The summed E-state index contributed by atoms with van der Waals surface area (Å²) in [6, 6.07) is 0. The Kier molecular flexibility index (Phi) is 98.4. The molecule has 0 aliphatic heterocycles. The van der Waals surface area contributed by atoms with Gasteiger partial charge in [-0.2, -0.15) is 0 Å². The number of phosphoric acid groups is 2. The zero-order chi connectivity index (χ0) is 95.0. The zero-order valence-electron chi connectivity index (χ0n) is 82.9. The van der Waals surface area contributed by atoms with Crippen LogP contribution in [-0.2, 0) is 55.8 Å². The first-order valence-corrected chi connectivity index (χ1v) is 55.4. The van der Waals surface area contributed by atoms with Crippen molar-refractivity contribution >= 4 is 33.6 Å². The molecule has 16 nitrogen and oxygen atoms in total.